The van der Waals surface area contributed by atoms with Gasteiger partial charge < -0.3 is 14.8 Å². The zero-order valence-electron chi connectivity index (χ0n) is 18.0. The van der Waals surface area contributed by atoms with E-state index >= 15 is 0 Å². The van der Waals surface area contributed by atoms with Crippen LogP contribution in [0.2, 0.25) is 0 Å². The van der Waals surface area contributed by atoms with Crippen LogP contribution in [0.3, 0.4) is 0 Å². The molecule has 1 N–H and O–H groups in total. The molecule has 0 saturated carbocycles. The predicted molar refractivity (Wildman–Crippen MR) is 124 cm³/mol. The highest BCUT2D eigenvalue weighted by molar-refractivity contribution is 6.07. The fourth-order valence-electron chi connectivity index (χ4n) is 4.48. The number of piperazine rings is 1. The van der Waals surface area contributed by atoms with Crippen molar-refractivity contribution < 1.29 is 9.18 Å². The molecule has 0 unspecified atom stereocenters. The standard InChI is InChI=1S/C26H25FN4O/c1-18-19(7-5-10-21(18)27)17-23-24(26(32)30-15-13-28-14-16-30)25-22(11-6-12-29-25)31(23)20-8-3-2-4-9-20/h2-12,28H,13-17H2,1H3. The number of fused-ring (bicyclic) bond motifs is 1. The summed E-state index contributed by atoms with van der Waals surface area (Å²) in [6.45, 7) is 4.64. The molecule has 0 bridgehead atoms. The fraction of sp³-hybridized carbons (Fsp3) is 0.231. The van der Waals surface area contributed by atoms with Gasteiger partial charge in [0.2, 0.25) is 0 Å². The number of nitrogens with zero attached hydrogens (tertiary/aromatic N) is 3. The average Bonchev–Trinajstić information content (AvgIpc) is 3.16. The molecule has 6 heteroatoms. The Balaban J connectivity index is 1.76. The summed E-state index contributed by atoms with van der Waals surface area (Å²) >= 11 is 0. The molecule has 1 amide bonds. The first kappa shape index (κ1) is 20.4. The maximum absolute atomic E-state index is 14.4. The summed E-state index contributed by atoms with van der Waals surface area (Å²) in [5.41, 5.74) is 5.42. The first-order valence-electron chi connectivity index (χ1n) is 10.9. The molecular weight excluding hydrogens is 403 g/mol. The van der Waals surface area contributed by atoms with Gasteiger partial charge in [0.15, 0.2) is 0 Å². The van der Waals surface area contributed by atoms with Gasteiger partial charge in [0.25, 0.3) is 5.91 Å². The van der Waals surface area contributed by atoms with Crippen LogP contribution in [0.25, 0.3) is 16.7 Å². The summed E-state index contributed by atoms with van der Waals surface area (Å²) in [6.07, 6.45) is 2.16. The Kier molecular flexibility index (Phi) is 5.45. The maximum Gasteiger partial charge on any atom is 0.258 e. The Labute approximate surface area is 186 Å². The molecule has 1 saturated heterocycles. The van der Waals surface area contributed by atoms with Gasteiger partial charge in [-0.1, -0.05) is 30.3 Å². The van der Waals surface area contributed by atoms with E-state index in [0.29, 0.717) is 36.2 Å². The van der Waals surface area contributed by atoms with Crippen molar-refractivity contribution in [3.05, 3.63) is 95.1 Å². The Bertz CT molecular complexity index is 1280. The highest BCUT2D eigenvalue weighted by Gasteiger charge is 2.29. The van der Waals surface area contributed by atoms with Crippen molar-refractivity contribution in [3.8, 4) is 5.69 Å². The van der Waals surface area contributed by atoms with Crippen molar-refractivity contribution in [2.45, 2.75) is 13.3 Å². The number of hydrogen-bond donors (Lipinski definition) is 1. The van der Waals surface area contributed by atoms with Crippen LogP contribution < -0.4 is 5.32 Å². The molecule has 1 aliphatic rings. The lowest BCUT2D eigenvalue weighted by Gasteiger charge is -2.27. The van der Waals surface area contributed by atoms with Crippen molar-refractivity contribution in [3.63, 3.8) is 0 Å². The number of nitrogens with one attached hydrogen (secondary N) is 1. The van der Waals surface area contributed by atoms with E-state index in [0.717, 1.165) is 35.6 Å². The van der Waals surface area contributed by atoms with E-state index in [9.17, 15) is 9.18 Å². The lowest BCUT2D eigenvalue weighted by atomic mass is 10.0. The van der Waals surface area contributed by atoms with Gasteiger partial charge in [-0.25, -0.2) is 4.39 Å². The van der Waals surface area contributed by atoms with Crippen LogP contribution in [0.1, 0.15) is 27.2 Å². The summed E-state index contributed by atoms with van der Waals surface area (Å²) in [5, 5.41) is 3.30. The summed E-state index contributed by atoms with van der Waals surface area (Å²) in [7, 11) is 0. The largest absolute Gasteiger partial charge is 0.336 e. The third-order valence-corrected chi connectivity index (χ3v) is 6.19. The van der Waals surface area contributed by atoms with Crippen LogP contribution >= 0.6 is 0 Å². The Morgan fingerprint density at radius 3 is 2.59 bits per heavy atom. The molecule has 0 atom stereocenters. The van der Waals surface area contributed by atoms with Crippen molar-refractivity contribution in [1.82, 2.24) is 19.8 Å². The van der Waals surface area contributed by atoms with Gasteiger partial charge in [0, 0.05) is 50.2 Å². The molecule has 5 nitrogen and oxygen atoms in total. The number of carbonyl (C=O) groups excluding carboxylic acids is 1. The summed E-state index contributed by atoms with van der Waals surface area (Å²) in [6, 6.07) is 19.0. The molecule has 2 aromatic heterocycles. The van der Waals surface area contributed by atoms with E-state index in [1.165, 1.54) is 6.07 Å². The van der Waals surface area contributed by atoms with Gasteiger partial charge in [-0.2, -0.15) is 0 Å². The van der Waals surface area contributed by atoms with E-state index in [4.69, 9.17) is 0 Å². The van der Waals surface area contributed by atoms with Crippen LogP contribution in [0.5, 0.6) is 0 Å². The van der Waals surface area contributed by atoms with Crippen LogP contribution in [0.15, 0.2) is 66.9 Å². The molecule has 5 rings (SSSR count). The minimum atomic E-state index is -0.238. The second-order valence-corrected chi connectivity index (χ2v) is 8.11. The monoisotopic (exact) mass is 428 g/mol. The first-order chi connectivity index (χ1) is 15.6. The van der Waals surface area contributed by atoms with E-state index in [1.807, 2.05) is 53.4 Å². The maximum atomic E-state index is 14.4. The van der Waals surface area contributed by atoms with Crippen LogP contribution in [0.4, 0.5) is 4.39 Å². The minimum absolute atomic E-state index is 0.0195. The van der Waals surface area contributed by atoms with E-state index in [2.05, 4.69) is 14.9 Å². The number of hydrogen-bond acceptors (Lipinski definition) is 3. The van der Waals surface area contributed by atoms with Crippen LogP contribution in [-0.2, 0) is 6.42 Å². The summed E-state index contributed by atoms with van der Waals surface area (Å²) < 4.78 is 16.5. The van der Waals surface area contributed by atoms with Gasteiger partial charge in [0.1, 0.15) is 11.3 Å². The molecule has 0 aliphatic carbocycles. The van der Waals surface area contributed by atoms with Gasteiger partial charge in [-0.15, -0.1) is 0 Å². The Morgan fingerprint density at radius 1 is 1.03 bits per heavy atom. The van der Waals surface area contributed by atoms with Gasteiger partial charge in [-0.3, -0.25) is 9.78 Å². The lowest BCUT2D eigenvalue weighted by molar-refractivity contribution is 0.0736. The number of rotatable bonds is 4. The Hall–Kier alpha value is -3.51. The molecule has 1 fully saturated rings. The molecule has 32 heavy (non-hydrogen) atoms. The van der Waals surface area contributed by atoms with Gasteiger partial charge in [0.05, 0.1) is 11.1 Å². The van der Waals surface area contributed by atoms with E-state index in [-0.39, 0.29) is 11.7 Å². The number of carbonyl (C=O) groups is 1. The topological polar surface area (TPSA) is 50.2 Å². The molecule has 2 aromatic carbocycles. The van der Waals surface area contributed by atoms with Crippen molar-refractivity contribution in [1.29, 1.82) is 0 Å². The molecule has 1 aliphatic heterocycles. The second kappa shape index (κ2) is 8.55. The van der Waals surface area contributed by atoms with E-state index in [1.54, 1.807) is 19.2 Å². The number of amides is 1. The number of pyridine rings is 1. The number of para-hydroxylation sites is 1. The number of halogens is 1. The van der Waals surface area contributed by atoms with Crippen molar-refractivity contribution >= 4 is 16.9 Å². The SMILES string of the molecule is Cc1c(F)cccc1Cc1c(C(=O)N2CCNCC2)c2ncccc2n1-c1ccccc1. The van der Waals surface area contributed by atoms with Crippen LogP contribution in [-0.4, -0.2) is 46.5 Å². The third kappa shape index (κ3) is 3.56. The molecule has 3 heterocycles. The fourth-order valence-corrected chi connectivity index (χ4v) is 4.48. The van der Waals surface area contributed by atoms with E-state index < -0.39 is 0 Å². The highest BCUT2D eigenvalue weighted by atomic mass is 19.1. The second-order valence-electron chi connectivity index (χ2n) is 8.11. The molecule has 0 spiro atoms. The molecule has 0 radical (unpaired) electrons. The lowest BCUT2D eigenvalue weighted by Crippen LogP contribution is -2.46. The molecule has 4 aromatic rings. The smallest absolute Gasteiger partial charge is 0.258 e. The van der Waals surface area contributed by atoms with Gasteiger partial charge >= 0.3 is 0 Å². The van der Waals surface area contributed by atoms with Gasteiger partial charge in [-0.05, 0) is 48.4 Å². The number of aromatic nitrogens is 2. The summed E-state index contributed by atoms with van der Waals surface area (Å²) in [5.74, 6) is -0.257. The third-order valence-electron chi connectivity index (χ3n) is 6.19. The minimum Gasteiger partial charge on any atom is -0.336 e. The zero-order valence-corrected chi connectivity index (χ0v) is 18.0. The number of benzene rings is 2. The Morgan fingerprint density at radius 2 is 1.81 bits per heavy atom. The highest BCUT2D eigenvalue weighted by Crippen LogP contribution is 2.32. The van der Waals surface area contributed by atoms with Crippen molar-refractivity contribution in [2.24, 2.45) is 0 Å². The first-order valence-corrected chi connectivity index (χ1v) is 10.9. The molecule has 162 valence electrons. The zero-order chi connectivity index (χ0) is 22.1. The summed E-state index contributed by atoms with van der Waals surface area (Å²) in [4.78, 5) is 20.3. The van der Waals surface area contributed by atoms with Crippen LogP contribution in [0, 0.1) is 12.7 Å². The quantitative estimate of drug-likeness (QED) is 0.532. The van der Waals surface area contributed by atoms with Crippen molar-refractivity contribution in [2.75, 3.05) is 26.2 Å². The average molecular weight is 429 g/mol. The predicted octanol–water partition coefficient (Wildman–Crippen LogP) is 4.11. The molecular formula is C26H25FN4O. The normalized spacial score (nSPS) is 14.1.